The molecule has 17 heteroatoms. The summed E-state index contributed by atoms with van der Waals surface area (Å²) in [5, 5.41) is 12.0. The van der Waals surface area contributed by atoms with E-state index in [1.165, 1.54) is 58.5 Å². The van der Waals surface area contributed by atoms with Crippen LogP contribution in [0.1, 0.15) is 40.8 Å². The van der Waals surface area contributed by atoms with Gasteiger partial charge in [0, 0.05) is 43.1 Å². The Morgan fingerprint density at radius 1 is 0.934 bits per heavy atom. The Hall–Kier alpha value is -6.94. The molecule has 6 aromatic rings. The first kappa shape index (κ1) is 39.5. The Morgan fingerprint density at radius 3 is 2.33 bits per heavy atom. The number of hydrazine groups is 1. The summed E-state index contributed by atoms with van der Waals surface area (Å²) in [7, 11) is 4.57. The van der Waals surface area contributed by atoms with Gasteiger partial charge in [-0.05, 0) is 78.1 Å². The molecule has 4 aromatic carbocycles. The van der Waals surface area contributed by atoms with E-state index in [1.807, 2.05) is 6.08 Å². The molecule has 2 aromatic heterocycles. The number of fused-ring (bicyclic) bond motifs is 5. The lowest BCUT2D eigenvalue weighted by Crippen LogP contribution is -2.53. The monoisotopic (exact) mass is 847 g/mol. The molecule has 0 radical (unpaired) electrons. The van der Waals surface area contributed by atoms with Crippen LogP contribution in [-0.4, -0.2) is 59.6 Å². The van der Waals surface area contributed by atoms with Crippen molar-refractivity contribution in [1.82, 2.24) is 28.5 Å². The highest BCUT2D eigenvalue weighted by Gasteiger charge is 2.68. The molecular weight excluding hydrogens is 809 g/mol. The summed E-state index contributed by atoms with van der Waals surface area (Å²) in [6.45, 7) is 1.50. The molecule has 0 unspecified atom stereocenters. The number of amides is 2. The van der Waals surface area contributed by atoms with Crippen molar-refractivity contribution in [1.29, 1.82) is 0 Å². The number of nitrogens with one attached hydrogen (secondary N) is 1. The Kier molecular flexibility index (Phi) is 9.49. The lowest BCUT2D eigenvalue weighted by Gasteiger charge is -2.49. The molecule has 9 rings (SSSR count). The summed E-state index contributed by atoms with van der Waals surface area (Å²) >= 11 is 6.38. The number of hydrogen-bond acceptors (Lipinski definition) is 10. The molecule has 1 saturated heterocycles. The number of halogens is 2. The Bertz CT molecular complexity index is 3030. The number of aromatic nitrogens is 5. The third-order valence-corrected chi connectivity index (χ3v) is 12.6. The van der Waals surface area contributed by atoms with Gasteiger partial charge in [-0.15, -0.1) is 0 Å². The van der Waals surface area contributed by atoms with E-state index >= 15 is 4.79 Å². The molecule has 2 amide bonds. The number of carbonyl (C=O) groups excluding carboxylic acids is 2. The molecule has 0 bridgehead atoms. The Morgan fingerprint density at radius 2 is 1.64 bits per heavy atom. The molecule has 1 saturated carbocycles. The molecule has 15 nitrogen and oxygen atoms in total. The van der Waals surface area contributed by atoms with Crippen molar-refractivity contribution in [2.24, 2.45) is 13.0 Å². The molecule has 4 atom stereocenters. The fourth-order valence-corrected chi connectivity index (χ4v) is 9.61. The number of rotatable bonds is 9. The van der Waals surface area contributed by atoms with Crippen molar-refractivity contribution >= 4 is 40.1 Å². The van der Waals surface area contributed by atoms with E-state index in [2.05, 4.69) is 10.4 Å². The number of phenols is 1. The number of aryl methyl sites for hydroxylation is 3. The summed E-state index contributed by atoms with van der Waals surface area (Å²) in [6, 6.07) is 19.3. The number of methoxy groups -OCH3 is 2. The van der Waals surface area contributed by atoms with Crippen LogP contribution in [0.5, 0.6) is 17.2 Å². The molecular formula is C44H39ClFN7O8. The molecule has 61 heavy (non-hydrogen) atoms. The van der Waals surface area contributed by atoms with Gasteiger partial charge in [-0.2, -0.15) is 5.01 Å². The zero-order chi connectivity index (χ0) is 43.1. The number of anilines is 1. The lowest BCUT2D eigenvalue weighted by atomic mass is 9.53. The van der Waals surface area contributed by atoms with E-state index in [1.54, 1.807) is 62.5 Å². The van der Waals surface area contributed by atoms with Gasteiger partial charge < -0.3 is 19.1 Å². The number of aromatic hydroxyl groups is 1. The van der Waals surface area contributed by atoms with Crippen LogP contribution in [0.3, 0.4) is 0 Å². The van der Waals surface area contributed by atoms with E-state index in [4.69, 9.17) is 21.1 Å². The largest absolute Gasteiger partial charge is 0.508 e. The quantitative estimate of drug-likeness (QED) is 0.153. The number of carbonyl (C=O) groups is 2. The fourth-order valence-electron chi connectivity index (χ4n) is 9.48. The van der Waals surface area contributed by atoms with Gasteiger partial charge in [0.1, 0.15) is 17.3 Å². The molecule has 2 fully saturated rings. The summed E-state index contributed by atoms with van der Waals surface area (Å²) in [6.07, 6.45) is 1.71. The number of hydrogen-bond donors (Lipinski definition) is 2. The first-order chi connectivity index (χ1) is 29.3. The standard InChI is InChI=1S/C44H39ClFN7O8/c1-23-19-24(5-14-35(23)54)38-29-15-18-51-42(58)50(17-16-31-40(56)49(2)34-22-37(61-4)36(60-3)21-32(34)47-31)43(59)53(51)33(29)20-30-39(55)52(48-28-12-10-27(46)11-13-28)41(57)44(30,38)25-6-8-26(45)9-7-25/h5-15,19,21-22,30,33,38,48,54H,16-18,20H2,1-4H3/t30-,33+,38-,44+/m0/s1. The highest BCUT2D eigenvalue weighted by atomic mass is 35.5. The minimum absolute atomic E-state index is 0.0241. The van der Waals surface area contributed by atoms with Gasteiger partial charge in [-0.3, -0.25) is 19.8 Å². The van der Waals surface area contributed by atoms with Gasteiger partial charge in [0.25, 0.3) is 17.4 Å². The molecule has 1 aliphatic carbocycles. The van der Waals surface area contributed by atoms with Gasteiger partial charge in [0.05, 0.1) is 54.9 Å². The predicted octanol–water partition coefficient (Wildman–Crippen LogP) is 4.74. The number of ether oxygens (including phenoxy) is 2. The van der Waals surface area contributed by atoms with E-state index in [9.17, 15) is 28.7 Å². The van der Waals surface area contributed by atoms with Crippen LogP contribution >= 0.6 is 11.6 Å². The van der Waals surface area contributed by atoms with E-state index in [-0.39, 0.29) is 37.4 Å². The predicted molar refractivity (Wildman–Crippen MR) is 223 cm³/mol. The highest BCUT2D eigenvalue weighted by molar-refractivity contribution is 6.30. The third-order valence-electron chi connectivity index (χ3n) is 12.4. The van der Waals surface area contributed by atoms with Gasteiger partial charge in [0.2, 0.25) is 0 Å². The van der Waals surface area contributed by atoms with Crippen LogP contribution in [0.2, 0.25) is 5.02 Å². The molecule has 2 aliphatic heterocycles. The van der Waals surface area contributed by atoms with E-state index in [0.717, 1.165) is 9.58 Å². The first-order valence-corrected chi connectivity index (χ1v) is 19.9. The highest BCUT2D eigenvalue weighted by Crippen LogP contribution is 2.62. The minimum Gasteiger partial charge on any atom is -0.508 e. The van der Waals surface area contributed by atoms with Crippen LogP contribution in [0.15, 0.2) is 105 Å². The SMILES string of the molecule is COc1cc2nc(CCn3c(=O)n4n(c3=O)[C@@H]3C[C@H]5C(=O)N(Nc6ccc(F)cc6)C(=O)[C@@]5(c5ccc(Cl)cc5)[C@@H](c5ccc(O)c(C)c5)C3=CC4)c(=O)n(C)c2cc1OC. The minimum atomic E-state index is -1.61. The number of nitrogens with zero attached hydrogens (tertiary/aromatic N) is 6. The third kappa shape index (κ3) is 5.98. The number of benzene rings is 4. The average Bonchev–Trinajstić information content (AvgIpc) is 3.63. The summed E-state index contributed by atoms with van der Waals surface area (Å²) in [4.78, 5) is 77.1. The summed E-state index contributed by atoms with van der Waals surface area (Å²) in [5.74, 6) is -2.83. The van der Waals surface area contributed by atoms with Gasteiger partial charge in [-0.25, -0.2) is 32.9 Å². The van der Waals surface area contributed by atoms with Crippen LogP contribution in [-0.2, 0) is 41.6 Å². The maximum absolute atomic E-state index is 15.3. The fraction of sp³-hybridized carbons (Fsp3) is 0.273. The molecule has 0 spiro atoms. The van der Waals surface area contributed by atoms with Crippen molar-refractivity contribution in [2.45, 2.75) is 50.2 Å². The van der Waals surface area contributed by atoms with Crippen LogP contribution in [0.4, 0.5) is 10.1 Å². The Balaban J connectivity index is 1.17. The number of allylic oxidation sites excluding steroid dienone is 2. The number of imide groups is 1. The van der Waals surface area contributed by atoms with Crippen LogP contribution < -0.4 is 31.8 Å². The summed E-state index contributed by atoms with van der Waals surface area (Å²) in [5.41, 5.74) is 3.19. The maximum Gasteiger partial charge on any atom is 0.347 e. The van der Waals surface area contributed by atoms with Crippen molar-refractivity contribution in [3.05, 3.63) is 155 Å². The van der Waals surface area contributed by atoms with Gasteiger partial charge in [0.15, 0.2) is 11.5 Å². The first-order valence-electron chi connectivity index (χ1n) is 19.5. The molecule has 4 heterocycles. The zero-order valence-corrected chi connectivity index (χ0v) is 34.1. The normalized spacial score (nSPS) is 20.6. The molecule has 3 aliphatic rings. The lowest BCUT2D eigenvalue weighted by molar-refractivity contribution is -0.138. The second-order valence-corrected chi connectivity index (χ2v) is 15.9. The van der Waals surface area contributed by atoms with Crippen molar-refractivity contribution in [2.75, 3.05) is 19.6 Å². The van der Waals surface area contributed by atoms with Crippen LogP contribution in [0, 0.1) is 18.7 Å². The summed E-state index contributed by atoms with van der Waals surface area (Å²) < 4.78 is 29.9. The second-order valence-electron chi connectivity index (χ2n) is 15.5. The van der Waals surface area contributed by atoms with E-state index in [0.29, 0.717) is 55.5 Å². The Labute approximate surface area is 351 Å². The van der Waals surface area contributed by atoms with Gasteiger partial charge in [-0.1, -0.05) is 41.9 Å². The van der Waals surface area contributed by atoms with Gasteiger partial charge >= 0.3 is 11.4 Å². The van der Waals surface area contributed by atoms with Crippen molar-refractivity contribution in [3.63, 3.8) is 0 Å². The van der Waals surface area contributed by atoms with Crippen molar-refractivity contribution < 1.29 is 28.6 Å². The topological polar surface area (TPSA) is 172 Å². The molecule has 2 N–H and O–H groups in total. The second kappa shape index (κ2) is 14.7. The van der Waals surface area contributed by atoms with E-state index < -0.39 is 57.9 Å². The average molecular weight is 848 g/mol. The van der Waals surface area contributed by atoms with Crippen LogP contribution in [0.25, 0.3) is 11.0 Å². The molecule has 312 valence electrons. The zero-order valence-electron chi connectivity index (χ0n) is 33.4. The smallest absolute Gasteiger partial charge is 0.347 e. The number of phenolic OH excluding ortho intramolecular Hbond substituents is 1. The van der Waals surface area contributed by atoms with Crippen molar-refractivity contribution in [3.8, 4) is 17.2 Å². The maximum atomic E-state index is 15.3.